The van der Waals surface area contributed by atoms with Gasteiger partial charge in [-0.15, -0.1) is 0 Å². The van der Waals surface area contributed by atoms with Crippen molar-refractivity contribution < 1.29 is 17.0 Å². The molecule has 204 valence electrons. The van der Waals surface area contributed by atoms with E-state index in [1.807, 2.05) is 0 Å². The van der Waals surface area contributed by atoms with E-state index in [0.29, 0.717) is 0 Å². The highest BCUT2D eigenvalue weighted by molar-refractivity contribution is 7.79. The molecule has 2 heterocycles. The molecule has 0 nitrogen and oxygen atoms in total. The lowest BCUT2D eigenvalue weighted by molar-refractivity contribution is -0.00000747. The Labute approximate surface area is 228 Å². The van der Waals surface area contributed by atoms with Crippen LogP contribution >= 0.6 is 7.26 Å². The van der Waals surface area contributed by atoms with Crippen LogP contribution in [0, 0.1) is 11.8 Å². The first-order valence-corrected chi connectivity index (χ1v) is 18.1. The van der Waals surface area contributed by atoms with Crippen LogP contribution in [0.2, 0.25) is 0 Å². The molecule has 0 amide bonds. The van der Waals surface area contributed by atoms with Crippen LogP contribution in [-0.4, -0.2) is 22.6 Å². The predicted molar refractivity (Wildman–Crippen MR) is 155 cm³/mol. The molecule has 0 aliphatic carbocycles. The Morgan fingerprint density at radius 1 is 0.500 bits per heavy atom. The monoisotopic (exact) mass is 558 g/mol. The van der Waals surface area contributed by atoms with Crippen molar-refractivity contribution in [2.24, 2.45) is 11.8 Å². The van der Waals surface area contributed by atoms with Gasteiger partial charge in [-0.2, -0.15) is 0 Å². The molecular weight excluding hydrogens is 495 g/mol. The predicted octanol–water partition coefficient (Wildman–Crippen LogP) is 8.67. The van der Waals surface area contributed by atoms with Crippen LogP contribution in [-0.2, 0) is 0 Å². The quantitative estimate of drug-likeness (QED) is 0.147. The molecule has 0 N–H and O–H groups in total. The summed E-state index contributed by atoms with van der Waals surface area (Å²) in [6.45, 7) is 14.7. The van der Waals surface area contributed by atoms with Gasteiger partial charge in [0.1, 0.15) is 0 Å². The second-order valence-corrected chi connectivity index (χ2v) is 16.9. The third kappa shape index (κ3) is 6.66. The van der Waals surface area contributed by atoms with Gasteiger partial charge < -0.3 is 17.0 Å². The third-order valence-electron chi connectivity index (χ3n) is 10.6. The summed E-state index contributed by atoms with van der Waals surface area (Å²) in [6, 6.07) is 0. The smallest absolute Gasteiger partial charge is 0.0834 e. The SMILES string of the molecule is CCCCC1CC[P+]2(CCC(CCCC)C2(CCCC)CCCC)C1(CCCC)CCCC.[Br-]. The molecule has 2 unspecified atom stereocenters. The molecule has 2 atom stereocenters. The number of hydrogen-bond donors (Lipinski definition) is 0. The average Bonchev–Trinajstić information content (AvgIpc) is 3.31. The standard InChI is InChI=1S/C32H64P.BrH/c1-7-13-19-29-21-27-33(31(29,23-15-9-3)24-16-10-4)28-22-30(20-14-8-2)32(33,25-17-11-5)26-18-12-6;/h29-30H,7-28H2,1-6H3;1H/q+1;/p-1. The molecule has 0 aromatic carbocycles. The lowest BCUT2D eigenvalue weighted by atomic mass is 9.78. The second kappa shape index (κ2) is 16.7. The molecule has 2 saturated heterocycles. The van der Waals surface area contributed by atoms with Gasteiger partial charge in [0.15, 0.2) is 0 Å². The van der Waals surface area contributed by atoms with E-state index in [2.05, 4.69) is 41.5 Å². The minimum atomic E-state index is -0.991. The van der Waals surface area contributed by atoms with Crippen molar-refractivity contribution >= 4 is 7.26 Å². The van der Waals surface area contributed by atoms with Gasteiger partial charge in [0.2, 0.25) is 0 Å². The van der Waals surface area contributed by atoms with Crippen LogP contribution in [0.3, 0.4) is 0 Å². The average molecular weight is 560 g/mol. The Balaban J connectivity index is 0.00000578. The Morgan fingerprint density at radius 2 is 0.794 bits per heavy atom. The van der Waals surface area contributed by atoms with Crippen molar-refractivity contribution in [1.82, 2.24) is 0 Å². The largest absolute Gasteiger partial charge is 1.00 e. The summed E-state index contributed by atoms with van der Waals surface area (Å²) in [7, 11) is -0.991. The van der Waals surface area contributed by atoms with E-state index in [1.165, 1.54) is 77.0 Å². The van der Waals surface area contributed by atoms with E-state index in [-0.39, 0.29) is 17.0 Å². The van der Waals surface area contributed by atoms with Crippen LogP contribution in [0.1, 0.15) is 170 Å². The first-order valence-electron chi connectivity index (χ1n) is 15.9. The van der Waals surface area contributed by atoms with Crippen LogP contribution in [0.4, 0.5) is 0 Å². The molecular formula is C32H64BrP. The summed E-state index contributed by atoms with van der Waals surface area (Å²) in [5.41, 5.74) is 0. The Bertz CT molecular complexity index is 453. The number of rotatable bonds is 18. The van der Waals surface area contributed by atoms with E-state index < -0.39 is 7.26 Å². The molecule has 2 aliphatic heterocycles. The summed E-state index contributed by atoms with van der Waals surface area (Å²) in [6.07, 6.45) is 33.6. The van der Waals surface area contributed by atoms with Crippen molar-refractivity contribution in [3.63, 3.8) is 0 Å². The maximum atomic E-state index is 2.47. The topological polar surface area (TPSA) is 0 Å². The molecule has 2 fully saturated rings. The van der Waals surface area contributed by atoms with Crippen LogP contribution in [0.25, 0.3) is 0 Å². The van der Waals surface area contributed by atoms with Gasteiger partial charge in [-0.3, -0.25) is 0 Å². The maximum Gasteiger partial charge on any atom is 0.0834 e. The lowest BCUT2D eigenvalue weighted by Crippen LogP contribution is -3.00. The summed E-state index contributed by atoms with van der Waals surface area (Å²) in [5.74, 6) is 2.13. The molecule has 1 spiro atoms. The lowest BCUT2D eigenvalue weighted by Gasteiger charge is -2.53. The van der Waals surface area contributed by atoms with Gasteiger partial charge in [0.05, 0.1) is 22.6 Å². The van der Waals surface area contributed by atoms with E-state index >= 15 is 0 Å². The van der Waals surface area contributed by atoms with Gasteiger partial charge in [-0.05, 0) is 77.0 Å². The normalized spacial score (nSPS) is 27.4. The maximum absolute atomic E-state index is 2.47. The van der Waals surface area contributed by atoms with E-state index in [0.717, 1.165) is 22.1 Å². The Hall–Kier alpha value is 0.910. The fourth-order valence-electron chi connectivity index (χ4n) is 9.02. The van der Waals surface area contributed by atoms with E-state index in [9.17, 15) is 0 Å². The van der Waals surface area contributed by atoms with E-state index in [1.54, 1.807) is 63.7 Å². The number of hydrogen-bond acceptors (Lipinski definition) is 0. The molecule has 0 saturated carbocycles. The molecule has 2 aliphatic rings. The molecule has 0 bridgehead atoms. The van der Waals surface area contributed by atoms with Crippen LogP contribution in [0.5, 0.6) is 0 Å². The highest BCUT2D eigenvalue weighted by atomic mass is 79.9. The van der Waals surface area contributed by atoms with Crippen LogP contribution < -0.4 is 17.0 Å². The summed E-state index contributed by atoms with van der Waals surface area (Å²) in [5, 5.41) is 1.52. The van der Waals surface area contributed by atoms with Gasteiger partial charge in [0, 0.05) is 19.1 Å². The fourth-order valence-corrected chi connectivity index (χ4v) is 17.7. The Morgan fingerprint density at radius 3 is 1.06 bits per heavy atom. The zero-order valence-electron chi connectivity index (χ0n) is 24.5. The highest BCUT2D eigenvalue weighted by Gasteiger charge is 2.76. The van der Waals surface area contributed by atoms with Crippen molar-refractivity contribution in [3.05, 3.63) is 0 Å². The molecule has 0 aromatic heterocycles. The fraction of sp³-hybridized carbons (Fsp3) is 1.00. The van der Waals surface area contributed by atoms with E-state index in [4.69, 9.17) is 0 Å². The molecule has 0 aromatic rings. The van der Waals surface area contributed by atoms with Crippen molar-refractivity contribution in [1.29, 1.82) is 0 Å². The first kappa shape index (κ1) is 32.9. The van der Waals surface area contributed by atoms with Crippen molar-refractivity contribution in [2.45, 2.75) is 180 Å². The van der Waals surface area contributed by atoms with Crippen molar-refractivity contribution in [3.8, 4) is 0 Å². The van der Waals surface area contributed by atoms with Crippen LogP contribution in [0.15, 0.2) is 0 Å². The molecule has 2 heteroatoms. The van der Waals surface area contributed by atoms with Crippen molar-refractivity contribution in [2.75, 3.05) is 12.3 Å². The number of halogens is 1. The summed E-state index contributed by atoms with van der Waals surface area (Å²) in [4.78, 5) is 0. The summed E-state index contributed by atoms with van der Waals surface area (Å²) >= 11 is 0. The minimum absolute atomic E-state index is 0. The highest BCUT2D eigenvalue weighted by Crippen LogP contribution is 2.91. The van der Waals surface area contributed by atoms with Gasteiger partial charge in [-0.25, -0.2) is 0 Å². The Kier molecular flexibility index (Phi) is 16.2. The first-order chi connectivity index (χ1) is 16.1. The zero-order chi connectivity index (χ0) is 24.2. The molecule has 2 rings (SSSR count). The molecule has 34 heavy (non-hydrogen) atoms. The molecule has 0 radical (unpaired) electrons. The van der Waals surface area contributed by atoms with Gasteiger partial charge >= 0.3 is 0 Å². The minimum Gasteiger partial charge on any atom is -1.00 e. The summed E-state index contributed by atoms with van der Waals surface area (Å²) < 4.78 is 0. The van der Waals surface area contributed by atoms with Gasteiger partial charge in [-0.1, -0.05) is 92.9 Å². The zero-order valence-corrected chi connectivity index (χ0v) is 27.0. The van der Waals surface area contributed by atoms with Gasteiger partial charge in [0.25, 0.3) is 0 Å². The number of unbranched alkanes of at least 4 members (excludes halogenated alkanes) is 6. The second-order valence-electron chi connectivity index (χ2n) is 12.3. The third-order valence-corrected chi connectivity index (χ3v) is 17.7.